The molecular weight excluding hydrogens is 242 g/mol. The van der Waals surface area contributed by atoms with Gasteiger partial charge in [0.15, 0.2) is 5.69 Å². The minimum absolute atomic E-state index is 0.204. The van der Waals surface area contributed by atoms with Crippen LogP contribution in [0.5, 0.6) is 0 Å². The average molecular weight is 257 g/mol. The molecule has 1 amide bonds. The molecule has 0 fully saturated rings. The maximum Gasteiger partial charge on any atom is 0.303 e. The molecule has 0 radical (unpaired) electrons. The number of aromatic nitrogens is 2. The predicted molar refractivity (Wildman–Crippen MR) is 63.0 cm³/mol. The topological polar surface area (TPSA) is 92.2 Å². The lowest BCUT2D eigenvalue weighted by Gasteiger charge is -2.02. The van der Waals surface area contributed by atoms with Gasteiger partial charge in [-0.1, -0.05) is 12.8 Å². The summed E-state index contributed by atoms with van der Waals surface area (Å²) in [4.78, 5) is 21.6. The maximum atomic E-state index is 11.4. The zero-order valence-electron chi connectivity index (χ0n) is 9.39. The van der Waals surface area contributed by atoms with Crippen molar-refractivity contribution in [1.82, 2.24) is 14.1 Å². The van der Waals surface area contributed by atoms with Crippen LogP contribution in [-0.4, -0.2) is 32.3 Å². The Balaban J connectivity index is 1.97. The van der Waals surface area contributed by atoms with Gasteiger partial charge in [0.05, 0.1) is 17.9 Å². The molecule has 1 heterocycles. The highest BCUT2D eigenvalue weighted by molar-refractivity contribution is 6.99. The van der Waals surface area contributed by atoms with Crippen LogP contribution in [0.2, 0.25) is 0 Å². The molecule has 0 aliphatic carbocycles. The van der Waals surface area contributed by atoms with Crippen molar-refractivity contribution in [2.24, 2.45) is 0 Å². The molecule has 0 bridgehead atoms. The molecule has 0 aliphatic rings. The lowest BCUT2D eigenvalue weighted by Crippen LogP contribution is -2.24. The molecule has 0 unspecified atom stereocenters. The van der Waals surface area contributed by atoms with Gasteiger partial charge >= 0.3 is 5.97 Å². The normalized spacial score (nSPS) is 10.1. The number of amides is 1. The Morgan fingerprint density at radius 3 is 2.71 bits per heavy atom. The lowest BCUT2D eigenvalue weighted by molar-refractivity contribution is -0.137. The number of rotatable bonds is 8. The predicted octanol–water partition coefficient (Wildman–Crippen LogP) is 1.30. The van der Waals surface area contributed by atoms with Crippen molar-refractivity contribution in [3.8, 4) is 0 Å². The van der Waals surface area contributed by atoms with E-state index in [2.05, 4.69) is 14.1 Å². The van der Waals surface area contributed by atoms with Crippen LogP contribution in [0.15, 0.2) is 6.20 Å². The van der Waals surface area contributed by atoms with E-state index in [1.165, 1.54) is 6.20 Å². The Morgan fingerprint density at radius 1 is 1.29 bits per heavy atom. The first-order valence-corrected chi connectivity index (χ1v) is 6.20. The summed E-state index contributed by atoms with van der Waals surface area (Å²) >= 11 is 1.00. The molecule has 2 N–H and O–H groups in total. The molecule has 0 atom stereocenters. The second-order valence-corrected chi connectivity index (χ2v) is 4.16. The summed E-state index contributed by atoms with van der Waals surface area (Å²) in [7, 11) is 0. The number of unbranched alkanes of at least 4 members (excludes halogenated alkanes) is 3. The highest BCUT2D eigenvalue weighted by Gasteiger charge is 2.06. The van der Waals surface area contributed by atoms with E-state index in [1.807, 2.05) is 0 Å². The second-order valence-electron chi connectivity index (χ2n) is 3.61. The highest BCUT2D eigenvalue weighted by atomic mass is 32.1. The Kier molecular flexibility index (Phi) is 6.16. The number of carboxylic acid groups (broad SMARTS) is 1. The molecule has 7 heteroatoms. The smallest absolute Gasteiger partial charge is 0.303 e. The van der Waals surface area contributed by atoms with Gasteiger partial charge in [-0.3, -0.25) is 9.59 Å². The van der Waals surface area contributed by atoms with Crippen molar-refractivity contribution >= 4 is 23.6 Å². The molecule has 1 aromatic heterocycles. The number of nitrogens with one attached hydrogen (secondary N) is 1. The van der Waals surface area contributed by atoms with Crippen LogP contribution >= 0.6 is 11.7 Å². The molecule has 0 spiro atoms. The highest BCUT2D eigenvalue weighted by Crippen LogP contribution is 2.02. The quantitative estimate of drug-likeness (QED) is 0.685. The standard InChI is InChI=1S/C10H15N3O3S/c14-9(15)5-3-1-2-4-6-11-10(16)8-7-12-17-13-8/h7H,1-6H2,(H,11,16)(H,14,15). The van der Waals surface area contributed by atoms with Crippen LogP contribution in [0.4, 0.5) is 0 Å². The van der Waals surface area contributed by atoms with Crippen molar-refractivity contribution < 1.29 is 14.7 Å². The number of hydrogen-bond donors (Lipinski definition) is 2. The van der Waals surface area contributed by atoms with E-state index in [1.54, 1.807) is 0 Å². The molecule has 0 saturated heterocycles. The van der Waals surface area contributed by atoms with Crippen molar-refractivity contribution in [3.05, 3.63) is 11.9 Å². The van der Waals surface area contributed by atoms with E-state index in [9.17, 15) is 9.59 Å². The number of carbonyl (C=O) groups excluding carboxylic acids is 1. The summed E-state index contributed by atoms with van der Waals surface area (Å²) in [5.74, 6) is -0.960. The van der Waals surface area contributed by atoms with Crippen LogP contribution in [-0.2, 0) is 4.79 Å². The third-order valence-electron chi connectivity index (χ3n) is 2.20. The summed E-state index contributed by atoms with van der Waals surface area (Å²) in [5.41, 5.74) is 0.348. The second kappa shape index (κ2) is 7.72. The first kappa shape index (κ1) is 13.6. The number of aliphatic carboxylic acids is 1. The fourth-order valence-electron chi connectivity index (χ4n) is 1.31. The van der Waals surface area contributed by atoms with Crippen LogP contribution in [0.1, 0.15) is 42.6 Å². The number of hydrogen-bond acceptors (Lipinski definition) is 5. The minimum Gasteiger partial charge on any atom is -0.481 e. The molecule has 0 aromatic carbocycles. The third-order valence-corrected chi connectivity index (χ3v) is 2.67. The molecule has 0 aliphatic heterocycles. The van der Waals surface area contributed by atoms with Gasteiger partial charge in [-0.25, -0.2) is 0 Å². The molecule has 1 rings (SSSR count). The zero-order chi connectivity index (χ0) is 12.5. The fourth-order valence-corrected chi connectivity index (χ4v) is 1.72. The van der Waals surface area contributed by atoms with Gasteiger partial charge in [-0.05, 0) is 12.8 Å². The van der Waals surface area contributed by atoms with Gasteiger partial charge in [0.2, 0.25) is 0 Å². The van der Waals surface area contributed by atoms with E-state index < -0.39 is 5.97 Å². The Labute approximate surface area is 103 Å². The average Bonchev–Trinajstić information content (AvgIpc) is 2.80. The first-order chi connectivity index (χ1) is 8.20. The van der Waals surface area contributed by atoms with Gasteiger partial charge < -0.3 is 10.4 Å². The van der Waals surface area contributed by atoms with Crippen LogP contribution in [0, 0.1) is 0 Å². The summed E-state index contributed by atoms with van der Waals surface area (Å²) in [6.07, 6.45) is 5.00. The maximum absolute atomic E-state index is 11.4. The molecular formula is C10H15N3O3S. The van der Waals surface area contributed by atoms with Gasteiger partial charge in [0, 0.05) is 13.0 Å². The Bertz CT molecular complexity index is 354. The van der Waals surface area contributed by atoms with Crippen molar-refractivity contribution in [1.29, 1.82) is 0 Å². The van der Waals surface area contributed by atoms with E-state index in [0.717, 1.165) is 31.0 Å². The van der Waals surface area contributed by atoms with Crippen molar-refractivity contribution in [2.75, 3.05) is 6.54 Å². The molecule has 17 heavy (non-hydrogen) atoms. The summed E-state index contributed by atoms with van der Waals surface area (Å²) < 4.78 is 7.56. The SMILES string of the molecule is O=C(O)CCCCCCNC(=O)c1cnsn1. The minimum atomic E-state index is -0.755. The van der Waals surface area contributed by atoms with Crippen LogP contribution < -0.4 is 5.32 Å². The van der Waals surface area contributed by atoms with Crippen LogP contribution in [0.25, 0.3) is 0 Å². The Hall–Kier alpha value is -1.50. The van der Waals surface area contributed by atoms with E-state index in [-0.39, 0.29) is 12.3 Å². The lowest BCUT2D eigenvalue weighted by atomic mass is 10.1. The summed E-state index contributed by atoms with van der Waals surface area (Å²) in [5, 5.41) is 11.2. The third kappa shape index (κ3) is 5.96. The fraction of sp³-hybridized carbons (Fsp3) is 0.600. The van der Waals surface area contributed by atoms with Gasteiger partial charge in [0.25, 0.3) is 5.91 Å². The molecule has 94 valence electrons. The van der Waals surface area contributed by atoms with Gasteiger partial charge in [-0.2, -0.15) is 8.75 Å². The molecule has 6 nitrogen and oxygen atoms in total. The van der Waals surface area contributed by atoms with E-state index in [4.69, 9.17) is 5.11 Å². The number of carboxylic acids is 1. The monoisotopic (exact) mass is 257 g/mol. The van der Waals surface area contributed by atoms with Gasteiger partial charge in [0.1, 0.15) is 0 Å². The van der Waals surface area contributed by atoms with E-state index >= 15 is 0 Å². The zero-order valence-corrected chi connectivity index (χ0v) is 10.2. The Morgan fingerprint density at radius 2 is 2.06 bits per heavy atom. The largest absolute Gasteiger partial charge is 0.481 e. The number of carbonyl (C=O) groups is 2. The van der Waals surface area contributed by atoms with E-state index in [0.29, 0.717) is 18.7 Å². The van der Waals surface area contributed by atoms with Crippen LogP contribution in [0.3, 0.4) is 0 Å². The molecule has 0 saturated carbocycles. The van der Waals surface area contributed by atoms with Crippen molar-refractivity contribution in [3.63, 3.8) is 0 Å². The van der Waals surface area contributed by atoms with Gasteiger partial charge in [-0.15, -0.1) is 0 Å². The first-order valence-electron chi connectivity index (χ1n) is 5.47. The summed E-state index contributed by atoms with van der Waals surface area (Å²) in [6, 6.07) is 0. The summed E-state index contributed by atoms with van der Waals surface area (Å²) in [6.45, 7) is 0.587. The number of nitrogens with zero attached hydrogens (tertiary/aromatic N) is 2. The molecule has 1 aromatic rings. The van der Waals surface area contributed by atoms with Crippen molar-refractivity contribution in [2.45, 2.75) is 32.1 Å².